The molecular formula is C18H32ClN3O4S. The highest BCUT2D eigenvalue weighted by Gasteiger charge is 2.32. The number of nitrogens with two attached hydrogens (primary N) is 1. The van der Waals surface area contributed by atoms with Crippen molar-refractivity contribution in [1.29, 1.82) is 0 Å². The molecule has 0 bridgehead atoms. The summed E-state index contributed by atoms with van der Waals surface area (Å²) in [6.45, 7) is 8.40. The predicted octanol–water partition coefficient (Wildman–Crippen LogP) is 1.86. The summed E-state index contributed by atoms with van der Waals surface area (Å²) < 4.78 is 32.9. The Morgan fingerprint density at radius 2 is 1.78 bits per heavy atom. The van der Waals surface area contributed by atoms with Crippen LogP contribution in [0, 0.1) is 11.3 Å². The van der Waals surface area contributed by atoms with E-state index in [4.69, 9.17) is 10.5 Å². The van der Waals surface area contributed by atoms with Gasteiger partial charge in [0.05, 0.1) is 12.0 Å². The second kappa shape index (κ2) is 10.3. The van der Waals surface area contributed by atoms with Crippen molar-refractivity contribution in [2.75, 3.05) is 27.2 Å². The zero-order valence-corrected chi connectivity index (χ0v) is 18.5. The average Bonchev–Trinajstić information content (AvgIpc) is 2.58. The molecule has 9 heteroatoms. The van der Waals surface area contributed by atoms with Crippen LogP contribution in [0.15, 0.2) is 29.2 Å². The third-order valence-electron chi connectivity index (χ3n) is 4.18. The molecule has 1 rings (SSSR count). The molecule has 0 heterocycles. The summed E-state index contributed by atoms with van der Waals surface area (Å²) in [6, 6.07) is 5.17. The fourth-order valence-electron chi connectivity index (χ4n) is 2.48. The molecule has 0 radical (unpaired) electrons. The van der Waals surface area contributed by atoms with E-state index in [1.54, 1.807) is 33.0 Å². The third-order valence-corrected chi connectivity index (χ3v) is 5.64. The summed E-state index contributed by atoms with van der Waals surface area (Å²) in [6.07, 6.45) is 0. The van der Waals surface area contributed by atoms with Gasteiger partial charge in [0, 0.05) is 13.6 Å². The molecule has 0 spiro atoms. The largest absolute Gasteiger partial charge is 0.497 e. The Labute approximate surface area is 169 Å². The Bertz CT molecular complexity index is 706. The summed E-state index contributed by atoms with van der Waals surface area (Å²) in [7, 11) is -0.664. The average molecular weight is 422 g/mol. The molecule has 27 heavy (non-hydrogen) atoms. The predicted molar refractivity (Wildman–Crippen MR) is 110 cm³/mol. The maximum absolute atomic E-state index is 12.8. The highest BCUT2D eigenvalue weighted by atomic mass is 35.5. The van der Waals surface area contributed by atoms with Crippen molar-refractivity contribution in [3.63, 3.8) is 0 Å². The van der Waals surface area contributed by atoms with Gasteiger partial charge in [-0.25, -0.2) is 8.42 Å². The highest BCUT2D eigenvalue weighted by Crippen LogP contribution is 2.19. The summed E-state index contributed by atoms with van der Waals surface area (Å²) in [5.41, 5.74) is 5.48. The van der Waals surface area contributed by atoms with E-state index < -0.39 is 16.1 Å². The number of nitrogens with zero attached hydrogens (tertiary/aromatic N) is 1. The van der Waals surface area contributed by atoms with Gasteiger partial charge in [0.2, 0.25) is 15.9 Å². The number of amides is 1. The molecule has 1 amide bonds. The van der Waals surface area contributed by atoms with Gasteiger partial charge in [0.25, 0.3) is 0 Å². The highest BCUT2D eigenvalue weighted by molar-refractivity contribution is 7.89. The van der Waals surface area contributed by atoms with E-state index in [1.807, 2.05) is 13.8 Å². The van der Waals surface area contributed by atoms with E-state index in [9.17, 15) is 13.2 Å². The SMILES string of the molecule is COc1ccc(S(=O)(=O)NC(C(=O)N(C)CC(C)(C)CN)C(C)C)cc1.Cl. The van der Waals surface area contributed by atoms with Crippen molar-refractivity contribution in [2.24, 2.45) is 17.1 Å². The normalized spacial score (nSPS) is 13.0. The number of hydrogen-bond acceptors (Lipinski definition) is 5. The molecule has 1 aromatic carbocycles. The minimum Gasteiger partial charge on any atom is -0.497 e. The minimum atomic E-state index is -3.84. The van der Waals surface area contributed by atoms with Crippen LogP contribution in [0.5, 0.6) is 5.75 Å². The smallest absolute Gasteiger partial charge is 0.241 e. The quantitative estimate of drug-likeness (QED) is 0.633. The first kappa shape index (κ1) is 25.6. The topological polar surface area (TPSA) is 102 Å². The van der Waals surface area contributed by atoms with E-state index in [1.165, 1.54) is 24.1 Å². The molecule has 3 N–H and O–H groups in total. The van der Waals surface area contributed by atoms with E-state index >= 15 is 0 Å². The zero-order valence-electron chi connectivity index (χ0n) is 16.9. The number of ether oxygens (including phenoxy) is 1. The van der Waals surface area contributed by atoms with Gasteiger partial charge in [-0.1, -0.05) is 27.7 Å². The fourth-order valence-corrected chi connectivity index (χ4v) is 3.82. The van der Waals surface area contributed by atoms with Crippen molar-refractivity contribution in [1.82, 2.24) is 9.62 Å². The van der Waals surface area contributed by atoms with Crippen LogP contribution in [0.3, 0.4) is 0 Å². The van der Waals surface area contributed by atoms with Crippen molar-refractivity contribution < 1.29 is 17.9 Å². The molecule has 7 nitrogen and oxygen atoms in total. The monoisotopic (exact) mass is 421 g/mol. The van der Waals surface area contributed by atoms with Gasteiger partial charge in [-0.2, -0.15) is 4.72 Å². The molecular weight excluding hydrogens is 390 g/mol. The van der Waals surface area contributed by atoms with Gasteiger partial charge in [0.1, 0.15) is 11.8 Å². The molecule has 0 aliphatic rings. The van der Waals surface area contributed by atoms with Crippen LogP contribution in [0.1, 0.15) is 27.7 Å². The molecule has 0 saturated heterocycles. The van der Waals surface area contributed by atoms with Crippen LogP contribution in [-0.2, 0) is 14.8 Å². The minimum absolute atomic E-state index is 0. The van der Waals surface area contributed by atoms with Crippen molar-refractivity contribution in [3.05, 3.63) is 24.3 Å². The lowest BCUT2D eigenvalue weighted by Gasteiger charge is -2.32. The van der Waals surface area contributed by atoms with Crippen molar-refractivity contribution in [2.45, 2.75) is 38.6 Å². The van der Waals surface area contributed by atoms with Gasteiger partial charge in [-0.3, -0.25) is 4.79 Å². The van der Waals surface area contributed by atoms with Gasteiger partial charge in [-0.15, -0.1) is 12.4 Å². The number of likely N-dealkylation sites (N-methyl/N-ethyl adjacent to an activating group) is 1. The summed E-state index contributed by atoms with van der Waals surface area (Å²) >= 11 is 0. The Hall–Kier alpha value is -1.35. The maximum Gasteiger partial charge on any atom is 0.241 e. The van der Waals surface area contributed by atoms with Gasteiger partial charge in [-0.05, 0) is 42.1 Å². The Balaban J connectivity index is 0.00000676. The third kappa shape index (κ3) is 7.29. The molecule has 0 saturated carbocycles. The second-order valence-corrected chi connectivity index (χ2v) is 9.30. The number of carbonyl (C=O) groups excluding carboxylic acids is 1. The molecule has 0 fully saturated rings. The van der Waals surface area contributed by atoms with Crippen LogP contribution in [0.2, 0.25) is 0 Å². The molecule has 0 aliphatic heterocycles. The Morgan fingerprint density at radius 1 is 1.26 bits per heavy atom. The molecule has 1 unspecified atom stereocenters. The van der Waals surface area contributed by atoms with E-state index in [2.05, 4.69) is 4.72 Å². The summed E-state index contributed by atoms with van der Waals surface area (Å²) in [4.78, 5) is 14.4. The lowest BCUT2D eigenvalue weighted by atomic mass is 9.92. The Morgan fingerprint density at radius 3 is 2.19 bits per heavy atom. The number of nitrogens with one attached hydrogen (secondary N) is 1. The first-order valence-corrected chi connectivity index (χ1v) is 10.0. The number of sulfonamides is 1. The first-order chi connectivity index (χ1) is 11.9. The zero-order chi connectivity index (χ0) is 20.1. The molecule has 1 aromatic rings. The molecule has 0 aliphatic carbocycles. The lowest BCUT2D eigenvalue weighted by molar-refractivity contribution is -0.133. The van der Waals surface area contributed by atoms with Crippen LogP contribution in [-0.4, -0.2) is 52.5 Å². The summed E-state index contributed by atoms with van der Waals surface area (Å²) in [5, 5.41) is 0. The van der Waals surface area contributed by atoms with Crippen molar-refractivity contribution in [3.8, 4) is 5.75 Å². The number of benzene rings is 1. The van der Waals surface area contributed by atoms with E-state index in [-0.39, 0.29) is 34.5 Å². The number of hydrogen-bond donors (Lipinski definition) is 2. The van der Waals surface area contributed by atoms with Gasteiger partial charge in [0.15, 0.2) is 0 Å². The molecule has 156 valence electrons. The molecule has 0 aromatic heterocycles. The standard InChI is InChI=1S/C18H31N3O4S.ClH/c1-13(2)16(17(22)21(5)12-18(3,4)11-19)20-26(23,24)15-9-7-14(25-6)8-10-15;/h7-10,13,16,20H,11-12,19H2,1-6H3;1H. The summed E-state index contributed by atoms with van der Waals surface area (Å²) in [5.74, 6) is 0.0711. The van der Waals surface area contributed by atoms with E-state index in [0.29, 0.717) is 18.8 Å². The van der Waals surface area contributed by atoms with Crippen LogP contribution < -0.4 is 15.2 Å². The van der Waals surface area contributed by atoms with Gasteiger partial charge < -0.3 is 15.4 Å². The van der Waals surface area contributed by atoms with Gasteiger partial charge >= 0.3 is 0 Å². The number of halogens is 1. The van der Waals surface area contributed by atoms with Crippen LogP contribution in [0.25, 0.3) is 0 Å². The fraction of sp³-hybridized carbons (Fsp3) is 0.611. The van der Waals surface area contributed by atoms with E-state index in [0.717, 1.165) is 0 Å². The number of methoxy groups -OCH3 is 1. The number of carbonyl (C=O) groups is 1. The van der Waals surface area contributed by atoms with Crippen molar-refractivity contribution >= 4 is 28.3 Å². The van der Waals surface area contributed by atoms with Crippen LogP contribution >= 0.6 is 12.4 Å². The maximum atomic E-state index is 12.8. The second-order valence-electron chi connectivity index (χ2n) is 7.58. The Kier molecular flexibility index (Phi) is 9.75. The first-order valence-electron chi connectivity index (χ1n) is 8.55. The molecule has 1 atom stereocenters. The number of rotatable bonds is 9. The van der Waals surface area contributed by atoms with Crippen LogP contribution in [0.4, 0.5) is 0 Å². The lowest BCUT2D eigenvalue weighted by Crippen LogP contribution is -2.52.